The van der Waals surface area contributed by atoms with Crippen molar-refractivity contribution in [2.75, 3.05) is 13.1 Å². The highest BCUT2D eigenvalue weighted by molar-refractivity contribution is 7.87. The summed E-state index contributed by atoms with van der Waals surface area (Å²) < 4.78 is 27.2. The summed E-state index contributed by atoms with van der Waals surface area (Å²) in [6, 6.07) is 6.02. The molecule has 0 radical (unpaired) electrons. The van der Waals surface area contributed by atoms with Gasteiger partial charge in [0.2, 0.25) is 0 Å². The number of nitro benzene ring substituents is 1. The van der Waals surface area contributed by atoms with Gasteiger partial charge in [0.1, 0.15) is 0 Å². The predicted molar refractivity (Wildman–Crippen MR) is 67.4 cm³/mol. The van der Waals surface area contributed by atoms with Crippen LogP contribution in [0.15, 0.2) is 24.3 Å². The van der Waals surface area contributed by atoms with Crippen molar-refractivity contribution >= 4 is 15.9 Å². The lowest BCUT2D eigenvalue weighted by molar-refractivity contribution is -0.384. The molecular weight excluding hydrogens is 258 g/mol. The minimum absolute atomic E-state index is 0.0204. The van der Waals surface area contributed by atoms with Crippen LogP contribution < -0.4 is 9.44 Å². The van der Waals surface area contributed by atoms with Crippen LogP contribution in [0.2, 0.25) is 0 Å². The first-order valence-corrected chi connectivity index (χ1v) is 6.90. The molecule has 100 valence electrons. The summed E-state index contributed by atoms with van der Waals surface area (Å²) in [7, 11) is -3.43. The SMILES string of the molecule is CCNS(=O)(=O)NCCc1ccc([N+](=O)[O-])cc1. The Balaban J connectivity index is 2.47. The summed E-state index contributed by atoms with van der Waals surface area (Å²) in [5.41, 5.74) is 0.853. The van der Waals surface area contributed by atoms with Crippen LogP contribution in [0.3, 0.4) is 0 Å². The van der Waals surface area contributed by atoms with Crippen molar-refractivity contribution in [2.24, 2.45) is 0 Å². The van der Waals surface area contributed by atoms with E-state index in [4.69, 9.17) is 0 Å². The first-order chi connectivity index (χ1) is 8.44. The minimum atomic E-state index is -3.43. The Kier molecular flexibility index (Phi) is 5.20. The number of hydrogen-bond acceptors (Lipinski definition) is 4. The summed E-state index contributed by atoms with van der Waals surface area (Å²) in [5, 5.41) is 10.4. The molecular formula is C10H15N3O4S. The van der Waals surface area contributed by atoms with Crippen molar-refractivity contribution in [1.82, 2.24) is 9.44 Å². The Morgan fingerprint density at radius 3 is 2.33 bits per heavy atom. The van der Waals surface area contributed by atoms with Gasteiger partial charge in [-0.15, -0.1) is 0 Å². The van der Waals surface area contributed by atoms with Crippen molar-refractivity contribution in [1.29, 1.82) is 0 Å². The molecule has 0 unspecified atom stereocenters. The number of nitrogens with one attached hydrogen (secondary N) is 2. The lowest BCUT2D eigenvalue weighted by Crippen LogP contribution is -2.37. The van der Waals surface area contributed by atoms with Gasteiger partial charge in [-0.05, 0) is 12.0 Å². The van der Waals surface area contributed by atoms with E-state index in [0.29, 0.717) is 13.0 Å². The van der Waals surface area contributed by atoms with E-state index in [0.717, 1.165) is 5.56 Å². The molecule has 0 aliphatic heterocycles. The first kappa shape index (κ1) is 14.6. The molecule has 0 saturated carbocycles. The molecule has 8 heteroatoms. The van der Waals surface area contributed by atoms with Gasteiger partial charge in [-0.25, -0.2) is 9.44 Å². The summed E-state index contributed by atoms with van der Waals surface area (Å²) in [6.07, 6.45) is 0.475. The first-order valence-electron chi connectivity index (χ1n) is 5.42. The number of benzene rings is 1. The van der Waals surface area contributed by atoms with E-state index in [1.165, 1.54) is 12.1 Å². The molecule has 0 fully saturated rings. The van der Waals surface area contributed by atoms with Gasteiger partial charge in [-0.1, -0.05) is 19.1 Å². The van der Waals surface area contributed by atoms with E-state index in [1.807, 2.05) is 0 Å². The van der Waals surface area contributed by atoms with E-state index < -0.39 is 15.1 Å². The van der Waals surface area contributed by atoms with Crippen molar-refractivity contribution < 1.29 is 13.3 Å². The highest BCUT2D eigenvalue weighted by Gasteiger charge is 2.07. The van der Waals surface area contributed by atoms with E-state index in [1.54, 1.807) is 19.1 Å². The Hall–Kier alpha value is -1.51. The molecule has 0 amide bonds. The maximum absolute atomic E-state index is 11.3. The van der Waals surface area contributed by atoms with Crippen LogP contribution in [0, 0.1) is 10.1 Å². The summed E-state index contributed by atoms with van der Waals surface area (Å²) in [4.78, 5) is 9.96. The number of nitro groups is 1. The van der Waals surface area contributed by atoms with Gasteiger partial charge in [0.25, 0.3) is 15.9 Å². The molecule has 7 nitrogen and oxygen atoms in total. The van der Waals surface area contributed by atoms with Crippen molar-refractivity contribution in [2.45, 2.75) is 13.3 Å². The fourth-order valence-electron chi connectivity index (χ4n) is 1.36. The molecule has 0 aliphatic rings. The number of hydrogen-bond donors (Lipinski definition) is 2. The molecule has 2 N–H and O–H groups in total. The third kappa shape index (κ3) is 4.78. The van der Waals surface area contributed by atoms with Gasteiger partial charge in [0.05, 0.1) is 4.92 Å². The average Bonchev–Trinajstić information content (AvgIpc) is 2.29. The molecule has 0 atom stereocenters. The molecule has 0 spiro atoms. The van der Waals surface area contributed by atoms with Crippen LogP contribution in [0.25, 0.3) is 0 Å². The topological polar surface area (TPSA) is 101 Å². The third-order valence-electron chi connectivity index (χ3n) is 2.19. The van der Waals surface area contributed by atoms with Crippen LogP contribution in [-0.2, 0) is 16.6 Å². The van der Waals surface area contributed by atoms with E-state index >= 15 is 0 Å². The average molecular weight is 273 g/mol. The van der Waals surface area contributed by atoms with Crippen LogP contribution in [0.5, 0.6) is 0 Å². The third-order valence-corrected chi connectivity index (χ3v) is 3.44. The predicted octanol–water partition coefficient (Wildman–Crippen LogP) is 0.581. The quantitative estimate of drug-likeness (QED) is 0.560. The van der Waals surface area contributed by atoms with Crippen LogP contribution >= 0.6 is 0 Å². The second kappa shape index (κ2) is 6.43. The standard InChI is InChI=1S/C10H15N3O4S/c1-2-11-18(16,17)12-8-7-9-3-5-10(6-4-9)13(14)15/h3-6,11-12H,2,7-8H2,1H3. The van der Waals surface area contributed by atoms with Crippen LogP contribution in [-0.4, -0.2) is 26.4 Å². The summed E-state index contributed by atoms with van der Waals surface area (Å²) >= 11 is 0. The van der Waals surface area contributed by atoms with E-state index in [-0.39, 0.29) is 12.2 Å². The van der Waals surface area contributed by atoms with Gasteiger partial charge in [-0.3, -0.25) is 10.1 Å². The van der Waals surface area contributed by atoms with Crippen LogP contribution in [0.1, 0.15) is 12.5 Å². The molecule has 0 aromatic heterocycles. The van der Waals surface area contributed by atoms with Crippen molar-refractivity contribution in [3.63, 3.8) is 0 Å². The number of nitrogens with zero attached hydrogens (tertiary/aromatic N) is 1. The van der Waals surface area contributed by atoms with E-state index in [9.17, 15) is 18.5 Å². The zero-order chi connectivity index (χ0) is 13.6. The highest BCUT2D eigenvalue weighted by Crippen LogP contribution is 2.11. The van der Waals surface area contributed by atoms with Gasteiger partial charge < -0.3 is 0 Å². The maximum atomic E-state index is 11.3. The smallest absolute Gasteiger partial charge is 0.258 e. The van der Waals surface area contributed by atoms with Crippen molar-refractivity contribution in [3.8, 4) is 0 Å². The zero-order valence-electron chi connectivity index (χ0n) is 9.92. The zero-order valence-corrected chi connectivity index (χ0v) is 10.7. The molecule has 1 rings (SSSR count). The Morgan fingerprint density at radius 2 is 1.83 bits per heavy atom. The largest absolute Gasteiger partial charge is 0.276 e. The van der Waals surface area contributed by atoms with Gasteiger partial charge >= 0.3 is 0 Å². The molecule has 1 aromatic carbocycles. The summed E-state index contributed by atoms with van der Waals surface area (Å²) in [5.74, 6) is 0. The monoisotopic (exact) mass is 273 g/mol. The van der Waals surface area contributed by atoms with Crippen molar-refractivity contribution in [3.05, 3.63) is 39.9 Å². The van der Waals surface area contributed by atoms with Gasteiger partial charge in [0.15, 0.2) is 0 Å². The van der Waals surface area contributed by atoms with Gasteiger partial charge in [-0.2, -0.15) is 8.42 Å². The lowest BCUT2D eigenvalue weighted by atomic mass is 10.1. The number of non-ortho nitro benzene ring substituents is 1. The molecule has 0 bridgehead atoms. The Morgan fingerprint density at radius 1 is 1.22 bits per heavy atom. The normalized spacial score (nSPS) is 11.4. The van der Waals surface area contributed by atoms with Crippen LogP contribution in [0.4, 0.5) is 5.69 Å². The molecule has 1 aromatic rings. The van der Waals surface area contributed by atoms with Gasteiger partial charge in [0, 0.05) is 25.2 Å². The fraction of sp³-hybridized carbons (Fsp3) is 0.400. The summed E-state index contributed by atoms with van der Waals surface area (Å²) in [6.45, 7) is 2.26. The molecule has 0 heterocycles. The molecule has 0 saturated heterocycles. The lowest BCUT2D eigenvalue weighted by Gasteiger charge is -2.06. The molecule has 0 aliphatic carbocycles. The Labute approximate surface area is 106 Å². The molecule has 18 heavy (non-hydrogen) atoms. The second-order valence-corrected chi connectivity index (χ2v) is 5.15. The Bertz CT molecular complexity index is 498. The fourth-order valence-corrected chi connectivity index (χ4v) is 2.21. The second-order valence-electron chi connectivity index (χ2n) is 3.57. The maximum Gasteiger partial charge on any atom is 0.276 e. The van der Waals surface area contributed by atoms with E-state index in [2.05, 4.69) is 9.44 Å². The number of rotatable bonds is 7. The highest BCUT2D eigenvalue weighted by atomic mass is 32.2. The minimum Gasteiger partial charge on any atom is -0.258 e.